The number of esters is 2. The van der Waals surface area contributed by atoms with Gasteiger partial charge in [0.05, 0.1) is 13.2 Å². The maximum Gasteiger partial charge on any atom is 0.407 e. The van der Waals surface area contributed by atoms with Crippen molar-refractivity contribution in [1.29, 1.82) is 0 Å². The molecule has 0 radical (unpaired) electrons. The van der Waals surface area contributed by atoms with Crippen LogP contribution in [-0.2, 0) is 41.6 Å². The molecule has 0 fully saturated rings. The van der Waals surface area contributed by atoms with Crippen molar-refractivity contribution in [2.24, 2.45) is 0 Å². The second-order valence-corrected chi connectivity index (χ2v) is 7.30. The van der Waals surface area contributed by atoms with Gasteiger partial charge in [-0.1, -0.05) is 30.8 Å². The van der Waals surface area contributed by atoms with Crippen LogP contribution in [0.2, 0.25) is 0 Å². The average molecular weight is 465 g/mol. The molecule has 0 aliphatic carbocycles. The maximum absolute atomic E-state index is 11.9. The Morgan fingerprint density at radius 3 is 2.06 bits per heavy atom. The molecular weight excluding hydrogens is 432 g/mol. The van der Waals surface area contributed by atoms with Gasteiger partial charge in [0, 0.05) is 25.6 Å². The number of benzene rings is 1. The third-order valence-corrected chi connectivity index (χ3v) is 4.05. The van der Waals surface area contributed by atoms with E-state index < -0.39 is 24.3 Å². The van der Waals surface area contributed by atoms with Crippen LogP contribution < -0.4 is 10.6 Å². The molecule has 0 aliphatic rings. The molecule has 0 aliphatic heterocycles. The van der Waals surface area contributed by atoms with E-state index in [9.17, 15) is 19.2 Å². The Morgan fingerprint density at radius 2 is 1.48 bits per heavy atom. The van der Waals surface area contributed by atoms with Gasteiger partial charge in [-0.15, -0.1) is 0 Å². The third kappa shape index (κ3) is 13.5. The van der Waals surface area contributed by atoms with E-state index in [1.165, 1.54) is 13.8 Å². The van der Waals surface area contributed by atoms with E-state index >= 15 is 0 Å². The number of hydrogen-bond acceptors (Lipinski definition) is 8. The van der Waals surface area contributed by atoms with E-state index in [4.69, 9.17) is 18.9 Å². The van der Waals surface area contributed by atoms with E-state index in [2.05, 4.69) is 17.2 Å². The minimum atomic E-state index is -0.644. The van der Waals surface area contributed by atoms with E-state index in [-0.39, 0.29) is 37.8 Å². The quantitative estimate of drug-likeness (QED) is 0.197. The molecule has 0 bridgehead atoms. The Hall–Kier alpha value is -3.56. The second-order valence-electron chi connectivity index (χ2n) is 7.30. The van der Waals surface area contributed by atoms with Crippen molar-refractivity contribution in [2.45, 2.75) is 52.8 Å². The number of rotatable bonds is 13. The molecule has 1 rings (SSSR count). The summed E-state index contributed by atoms with van der Waals surface area (Å²) in [5.41, 5.74) is 1.91. The van der Waals surface area contributed by atoms with E-state index in [0.717, 1.165) is 11.1 Å². The van der Waals surface area contributed by atoms with Crippen LogP contribution in [0.3, 0.4) is 0 Å². The third-order valence-electron chi connectivity index (χ3n) is 4.05. The van der Waals surface area contributed by atoms with Crippen molar-refractivity contribution < 1.29 is 38.1 Å². The Bertz CT molecular complexity index is 824. The predicted octanol–water partition coefficient (Wildman–Crippen LogP) is 2.99. The molecule has 0 saturated heterocycles. The topological polar surface area (TPSA) is 129 Å². The maximum atomic E-state index is 11.9. The summed E-state index contributed by atoms with van der Waals surface area (Å²) in [7, 11) is 0. The van der Waals surface area contributed by atoms with Crippen molar-refractivity contribution in [3.8, 4) is 0 Å². The fourth-order valence-electron chi connectivity index (χ4n) is 2.41. The molecule has 1 atom stereocenters. The van der Waals surface area contributed by atoms with Crippen LogP contribution in [0.1, 0.15) is 44.7 Å². The standard InChI is InChI=1S/C23H32N2O8/c1-16(2)21(27)32-15-17(3)33-23(29)25-14-20-9-7-8-19(12-20)13-24-22(28)31-11-6-5-10-30-18(4)26/h7-9,12,17H,1,5-6,10-11,13-15H2,2-4H3,(H,24,28)(H,25,29). The van der Waals surface area contributed by atoms with Gasteiger partial charge < -0.3 is 29.6 Å². The lowest BCUT2D eigenvalue weighted by molar-refractivity contribution is -0.142. The highest BCUT2D eigenvalue weighted by atomic mass is 16.6. The Balaban J connectivity index is 2.28. The number of nitrogens with one attached hydrogen (secondary N) is 2. The molecule has 10 nitrogen and oxygen atoms in total. The first-order valence-electron chi connectivity index (χ1n) is 10.6. The summed E-state index contributed by atoms with van der Waals surface area (Å²) in [6, 6.07) is 7.29. The first kappa shape index (κ1) is 27.5. The van der Waals surface area contributed by atoms with E-state index in [1.54, 1.807) is 13.0 Å². The molecule has 10 heteroatoms. The predicted molar refractivity (Wildman–Crippen MR) is 119 cm³/mol. The van der Waals surface area contributed by atoms with Gasteiger partial charge in [-0.05, 0) is 37.8 Å². The highest BCUT2D eigenvalue weighted by molar-refractivity contribution is 5.86. The van der Waals surface area contributed by atoms with Gasteiger partial charge in [0.25, 0.3) is 0 Å². The summed E-state index contributed by atoms with van der Waals surface area (Å²) in [6.45, 7) is 8.90. The lowest BCUT2D eigenvalue weighted by Crippen LogP contribution is -2.30. The SMILES string of the molecule is C=C(C)C(=O)OCC(C)OC(=O)NCc1cccc(CNC(=O)OCCCCOC(C)=O)c1. The number of ether oxygens (including phenoxy) is 4. The first-order valence-corrected chi connectivity index (χ1v) is 10.6. The first-order chi connectivity index (χ1) is 15.7. The largest absolute Gasteiger partial charge is 0.466 e. The van der Waals surface area contributed by atoms with Gasteiger partial charge in [-0.2, -0.15) is 0 Å². The summed E-state index contributed by atoms with van der Waals surface area (Å²) in [5.74, 6) is -0.876. The lowest BCUT2D eigenvalue weighted by atomic mass is 10.1. The molecule has 1 aromatic carbocycles. The summed E-state index contributed by atoms with van der Waals surface area (Å²) in [6.07, 6.45) is -0.600. The molecule has 33 heavy (non-hydrogen) atoms. The van der Waals surface area contributed by atoms with E-state index in [1.807, 2.05) is 18.2 Å². The van der Waals surface area contributed by atoms with E-state index in [0.29, 0.717) is 19.4 Å². The smallest absolute Gasteiger partial charge is 0.407 e. The van der Waals surface area contributed by atoms with Crippen molar-refractivity contribution in [1.82, 2.24) is 10.6 Å². The molecule has 2 N–H and O–H groups in total. The normalized spacial score (nSPS) is 11.0. The number of alkyl carbamates (subject to hydrolysis) is 2. The average Bonchev–Trinajstić information content (AvgIpc) is 2.77. The van der Waals surface area contributed by atoms with Crippen LogP contribution in [0.25, 0.3) is 0 Å². The molecule has 0 spiro atoms. The van der Waals surface area contributed by atoms with Crippen LogP contribution in [0, 0.1) is 0 Å². The summed E-state index contributed by atoms with van der Waals surface area (Å²) in [5, 5.41) is 5.27. The zero-order chi connectivity index (χ0) is 24.6. The van der Waals surface area contributed by atoms with Crippen LogP contribution in [-0.4, -0.2) is 50.0 Å². The van der Waals surface area contributed by atoms with Crippen molar-refractivity contribution in [3.63, 3.8) is 0 Å². The zero-order valence-electron chi connectivity index (χ0n) is 19.3. The molecule has 2 amide bonds. The van der Waals surface area contributed by atoms with Crippen molar-refractivity contribution in [2.75, 3.05) is 19.8 Å². The minimum absolute atomic E-state index is 0.0669. The number of unbranched alkanes of at least 4 members (excludes halogenated alkanes) is 1. The highest BCUT2D eigenvalue weighted by Gasteiger charge is 2.12. The molecule has 0 aromatic heterocycles. The molecule has 0 saturated carbocycles. The highest BCUT2D eigenvalue weighted by Crippen LogP contribution is 2.06. The van der Waals surface area contributed by atoms with Crippen molar-refractivity contribution in [3.05, 3.63) is 47.5 Å². The van der Waals surface area contributed by atoms with Gasteiger partial charge in [-0.3, -0.25) is 4.79 Å². The van der Waals surface area contributed by atoms with Gasteiger partial charge >= 0.3 is 24.1 Å². The van der Waals surface area contributed by atoms with Crippen LogP contribution in [0.5, 0.6) is 0 Å². The molecule has 182 valence electrons. The van der Waals surface area contributed by atoms with Gasteiger partial charge in [-0.25, -0.2) is 14.4 Å². The van der Waals surface area contributed by atoms with Crippen LogP contribution in [0.4, 0.5) is 9.59 Å². The summed E-state index contributed by atoms with van der Waals surface area (Å²) >= 11 is 0. The Labute approximate surface area is 193 Å². The van der Waals surface area contributed by atoms with Gasteiger partial charge in [0.15, 0.2) is 0 Å². The molecular formula is C23H32N2O8. The molecule has 0 heterocycles. The fourth-order valence-corrected chi connectivity index (χ4v) is 2.41. The second kappa shape index (κ2) is 15.3. The Kier molecular flexibility index (Phi) is 12.7. The monoisotopic (exact) mass is 464 g/mol. The number of carbonyl (C=O) groups is 4. The number of carbonyl (C=O) groups excluding carboxylic acids is 4. The minimum Gasteiger partial charge on any atom is -0.466 e. The molecule has 1 aromatic rings. The Morgan fingerprint density at radius 1 is 0.909 bits per heavy atom. The summed E-state index contributed by atoms with van der Waals surface area (Å²) in [4.78, 5) is 45.7. The molecule has 1 unspecified atom stereocenters. The van der Waals surface area contributed by atoms with Gasteiger partial charge in [0.2, 0.25) is 0 Å². The van der Waals surface area contributed by atoms with Crippen LogP contribution in [0.15, 0.2) is 36.4 Å². The van der Waals surface area contributed by atoms with Gasteiger partial charge in [0.1, 0.15) is 12.7 Å². The lowest BCUT2D eigenvalue weighted by Gasteiger charge is -2.14. The van der Waals surface area contributed by atoms with Crippen LogP contribution >= 0.6 is 0 Å². The number of hydrogen-bond donors (Lipinski definition) is 2. The summed E-state index contributed by atoms with van der Waals surface area (Å²) < 4.78 is 19.9. The number of amides is 2. The fraction of sp³-hybridized carbons (Fsp3) is 0.478. The van der Waals surface area contributed by atoms with Crippen molar-refractivity contribution >= 4 is 24.1 Å². The zero-order valence-corrected chi connectivity index (χ0v) is 19.3.